The summed E-state index contributed by atoms with van der Waals surface area (Å²) in [5.74, 6) is -1.24. The van der Waals surface area contributed by atoms with E-state index in [4.69, 9.17) is 0 Å². The number of amides is 2. The van der Waals surface area contributed by atoms with Crippen molar-refractivity contribution in [1.82, 2.24) is 5.32 Å². The summed E-state index contributed by atoms with van der Waals surface area (Å²) in [5, 5.41) is 27.1. The Morgan fingerprint density at radius 1 is 0.967 bits per heavy atom. The van der Waals surface area contributed by atoms with Gasteiger partial charge in [0.05, 0.1) is 15.9 Å². The molecule has 0 aromatic heterocycles. The quantitative estimate of drug-likeness (QED) is 0.421. The molecule has 0 saturated carbocycles. The number of nitrogens with one attached hydrogen (secondary N) is 2. The molecule has 0 atom stereocenters. The molecular formula is C20H20N4O6. The molecule has 0 unspecified atom stereocenters. The van der Waals surface area contributed by atoms with Crippen LogP contribution in [0.4, 0.5) is 17.1 Å². The number of nitro benzene ring substituents is 2. The highest BCUT2D eigenvalue weighted by molar-refractivity contribution is 6.09. The number of nitrogens with zero attached hydrogens (tertiary/aromatic N) is 2. The lowest BCUT2D eigenvalue weighted by Gasteiger charge is -2.19. The van der Waals surface area contributed by atoms with Crippen molar-refractivity contribution < 1.29 is 19.4 Å². The summed E-state index contributed by atoms with van der Waals surface area (Å²) in [7, 11) is 0. The summed E-state index contributed by atoms with van der Waals surface area (Å²) in [5.41, 5.74) is -1.67. The van der Waals surface area contributed by atoms with Gasteiger partial charge in [-0.1, -0.05) is 51.1 Å². The first-order valence-corrected chi connectivity index (χ1v) is 8.81. The first-order valence-electron chi connectivity index (χ1n) is 8.81. The lowest BCUT2D eigenvalue weighted by atomic mass is 9.95. The summed E-state index contributed by atoms with van der Waals surface area (Å²) in [6, 6.07) is 11.6. The summed E-state index contributed by atoms with van der Waals surface area (Å²) >= 11 is 0. The number of rotatable bonds is 6. The van der Waals surface area contributed by atoms with Crippen LogP contribution < -0.4 is 10.6 Å². The Bertz CT molecular complexity index is 1030. The molecule has 0 saturated heterocycles. The third kappa shape index (κ3) is 5.71. The van der Waals surface area contributed by atoms with Gasteiger partial charge in [0, 0.05) is 11.5 Å². The van der Waals surface area contributed by atoms with Crippen LogP contribution in [0.5, 0.6) is 0 Å². The number of carbonyl (C=O) groups is 2. The molecular weight excluding hydrogens is 392 g/mol. The van der Waals surface area contributed by atoms with Crippen LogP contribution in [-0.2, 0) is 9.59 Å². The largest absolute Gasteiger partial charge is 0.321 e. The maximum Gasteiger partial charge on any atom is 0.299 e. The number of nitro groups is 2. The van der Waals surface area contributed by atoms with Gasteiger partial charge in [0.1, 0.15) is 11.4 Å². The van der Waals surface area contributed by atoms with Crippen LogP contribution in [0.1, 0.15) is 26.3 Å². The highest BCUT2D eigenvalue weighted by atomic mass is 16.6. The number of carbonyl (C=O) groups excluding carboxylic acids is 2. The highest BCUT2D eigenvalue weighted by Crippen LogP contribution is 2.29. The Balaban J connectivity index is 2.41. The second-order valence-electron chi connectivity index (χ2n) is 7.34. The van der Waals surface area contributed by atoms with Crippen LogP contribution in [0.3, 0.4) is 0 Å². The smallest absolute Gasteiger partial charge is 0.299 e. The van der Waals surface area contributed by atoms with Crippen molar-refractivity contribution in [3.63, 3.8) is 0 Å². The summed E-state index contributed by atoms with van der Waals surface area (Å²) < 4.78 is 0. The van der Waals surface area contributed by atoms with Gasteiger partial charge in [-0.15, -0.1) is 0 Å². The first-order chi connectivity index (χ1) is 14.0. The fourth-order valence-electron chi connectivity index (χ4n) is 2.26. The van der Waals surface area contributed by atoms with Gasteiger partial charge in [0.15, 0.2) is 0 Å². The van der Waals surface area contributed by atoms with Crippen molar-refractivity contribution in [3.05, 3.63) is 80.0 Å². The lowest BCUT2D eigenvalue weighted by Crippen LogP contribution is -2.38. The zero-order valence-corrected chi connectivity index (χ0v) is 16.5. The summed E-state index contributed by atoms with van der Waals surface area (Å²) in [6.45, 7) is 5.00. The Kier molecular flexibility index (Phi) is 6.62. The second kappa shape index (κ2) is 8.95. The molecule has 0 aliphatic carbocycles. The van der Waals surface area contributed by atoms with E-state index in [-0.39, 0.29) is 11.4 Å². The third-order valence-corrected chi connectivity index (χ3v) is 3.92. The molecule has 0 aliphatic heterocycles. The minimum Gasteiger partial charge on any atom is -0.321 e. The molecule has 0 heterocycles. The summed E-state index contributed by atoms with van der Waals surface area (Å²) in [4.78, 5) is 45.8. The second-order valence-corrected chi connectivity index (χ2v) is 7.34. The molecule has 2 rings (SSSR count). The number of hydrogen-bond acceptors (Lipinski definition) is 6. The van der Waals surface area contributed by atoms with Gasteiger partial charge < -0.3 is 10.6 Å². The minimum atomic E-state index is -0.836. The van der Waals surface area contributed by atoms with E-state index in [1.54, 1.807) is 51.1 Å². The van der Waals surface area contributed by atoms with E-state index in [2.05, 4.69) is 10.6 Å². The van der Waals surface area contributed by atoms with Crippen LogP contribution in [0.2, 0.25) is 0 Å². The average Bonchev–Trinajstić information content (AvgIpc) is 2.67. The van der Waals surface area contributed by atoms with Crippen molar-refractivity contribution in [2.75, 3.05) is 5.32 Å². The van der Waals surface area contributed by atoms with Crippen LogP contribution >= 0.6 is 0 Å². The van der Waals surface area contributed by atoms with E-state index in [0.29, 0.717) is 5.56 Å². The van der Waals surface area contributed by atoms with Gasteiger partial charge in [-0.3, -0.25) is 29.8 Å². The molecule has 0 spiro atoms. The maximum absolute atomic E-state index is 12.8. The molecule has 0 radical (unpaired) electrons. The predicted octanol–water partition coefficient (Wildman–Crippen LogP) is 3.64. The topological polar surface area (TPSA) is 144 Å². The summed E-state index contributed by atoms with van der Waals surface area (Å²) in [6.07, 6.45) is 1.43. The van der Waals surface area contributed by atoms with E-state index in [1.807, 2.05) is 0 Å². The molecule has 2 N–H and O–H groups in total. The highest BCUT2D eigenvalue weighted by Gasteiger charge is 2.26. The molecule has 10 heteroatoms. The molecule has 0 aliphatic rings. The fraction of sp³-hybridized carbons (Fsp3) is 0.200. The van der Waals surface area contributed by atoms with Gasteiger partial charge in [-0.25, -0.2) is 0 Å². The van der Waals surface area contributed by atoms with E-state index in [9.17, 15) is 29.8 Å². The van der Waals surface area contributed by atoms with Gasteiger partial charge >= 0.3 is 0 Å². The molecule has 2 amide bonds. The monoisotopic (exact) mass is 412 g/mol. The molecule has 10 nitrogen and oxygen atoms in total. The predicted molar refractivity (Wildman–Crippen MR) is 110 cm³/mol. The lowest BCUT2D eigenvalue weighted by molar-refractivity contribution is -0.393. The van der Waals surface area contributed by atoms with E-state index in [1.165, 1.54) is 6.08 Å². The SMILES string of the molecule is CC(C)(C)C(=O)N/C(=C/c1ccccc1)C(=O)Nc1ccc([N+](=O)[O-])cc1[N+](=O)[O-]. The number of anilines is 1. The van der Waals surface area contributed by atoms with Crippen LogP contribution in [-0.4, -0.2) is 21.7 Å². The molecule has 156 valence electrons. The van der Waals surface area contributed by atoms with E-state index >= 15 is 0 Å². The van der Waals surface area contributed by atoms with Gasteiger partial charge in [0.2, 0.25) is 5.91 Å². The van der Waals surface area contributed by atoms with Crippen molar-refractivity contribution in [3.8, 4) is 0 Å². The normalized spacial score (nSPS) is 11.5. The van der Waals surface area contributed by atoms with E-state index in [0.717, 1.165) is 18.2 Å². The van der Waals surface area contributed by atoms with Crippen LogP contribution in [0.25, 0.3) is 6.08 Å². The zero-order valence-electron chi connectivity index (χ0n) is 16.5. The number of benzene rings is 2. The van der Waals surface area contributed by atoms with Gasteiger partial charge in [-0.05, 0) is 17.7 Å². The van der Waals surface area contributed by atoms with Crippen molar-refractivity contribution in [2.24, 2.45) is 5.41 Å². The number of hydrogen-bond donors (Lipinski definition) is 2. The first kappa shape index (κ1) is 22.2. The Labute approximate surface area is 171 Å². The molecule has 2 aromatic rings. The van der Waals surface area contributed by atoms with E-state index < -0.39 is 38.5 Å². The van der Waals surface area contributed by atoms with Crippen molar-refractivity contribution >= 4 is 35.0 Å². The maximum atomic E-state index is 12.8. The Hall–Kier alpha value is -4.08. The van der Waals surface area contributed by atoms with Gasteiger partial charge in [0.25, 0.3) is 17.3 Å². The van der Waals surface area contributed by atoms with Crippen LogP contribution in [0, 0.1) is 25.6 Å². The third-order valence-electron chi connectivity index (χ3n) is 3.92. The van der Waals surface area contributed by atoms with Crippen molar-refractivity contribution in [2.45, 2.75) is 20.8 Å². The Morgan fingerprint density at radius 3 is 2.13 bits per heavy atom. The fourth-order valence-corrected chi connectivity index (χ4v) is 2.26. The molecule has 0 bridgehead atoms. The van der Waals surface area contributed by atoms with Gasteiger partial charge in [-0.2, -0.15) is 0 Å². The zero-order chi connectivity index (χ0) is 22.5. The minimum absolute atomic E-state index is 0.131. The standard InChI is InChI=1S/C20H20N4O6/c1-20(2,3)19(26)22-16(11-13-7-5-4-6-8-13)18(25)21-15-10-9-14(23(27)28)12-17(15)24(29)30/h4-12H,1-3H3,(H,21,25)(H,22,26)/b16-11+. The average molecular weight is 412 g/mol. The van der Waals surface area contributed by atoms with Crippen LogP contribution in [0.15, 0.2) is 54.2 Å². The van der Waals surface area contributed by atoms with Crippen molar-refractivity contribution in [1.29, 1.82) is 0 Å². The Morgan fingerprint density at radius 2 is 1.60 bits per heavy atom. The molecule has 0 fully saturated rings. The molecule has 30 heavy (non-hydrogen) atoms. The number of non-ortho nitro benzene ring substituents is 1. The molecule has 2 aromatic carbocycles.